The molecule has 2 N–H and O–H groups in total. The molecule has 1 fully saturated rings. The van der Waals surface area contributed by atoms with E-state index in [1.807, 2.05) is 0 Å². The normalized spacial score (nSPS) is 24.5. The average Bonchev–Trinajstić information content (AvgIpc) is 2.37. The molecule has 0 amide bonds. The van der Waals surface area contributed by atoms with E-state index in [2.05, 4.69) is 0 Å². The van der Waals surface area contributed by atoms with Gasteiger partial charge in [0.2, 0.25) is 0 Å². The molecule has 1 nitrogen and oxygen atoms in total. The minimum atomic E-state index is -4.26. The zero-order valence-corrected chi connectivity index (χ0v) is 11.1. The average molecular weight is 271 g/mol. The Morgan fingerprint density at radius 2 is 1.89 bits per heavy atom. The van der Waals surface area contributed by atoms with E-state index >= 15 is 0 Å². The van der Waals surface area contributed by atoms with Crippen molar-refractivity contribution >= 4 is 0 Å². The molecular formula is C15H20F3N. The number of halogens is 3. The van der Waals surface area contributed by atoms with E-state index in [4.69, 9.17) is 5.73 Å². The molecule has 1 aliphatic rings. The fourth-order valence-corrected chi connectivity index (χ4v) is 3.17. The molecule has 1 saturated carbocycles. The van der Waals surface area contributed by atoms with Gasteiger partial charge in [0.1, 0.15) is 0 Å². The fourth-order valence-electron chi connectivity index (χ4n) is 3.17. The Labute approximate surface area is 112 Å². The van der Waals surface area contributed by atoms with Crippen molar-refractivity contribution < 1.29 is 13.2 Å². The lowest BCUT2D eigenvalue weighted by Crippen LogP contribution is -2.25. The van der Waals surface area contributed by atoms with Gasteiger partial charge < -0.3 is 5.73 Å². The summed E-state index contributed by atoms with van der Waals surface area (Å²) in [7, 11) is 0. The summed E-state index contributed by atoms with van der Waals surface area (Å²) in [5.74, 6) is 0.727. The van der Waals surface area contributed by atoms with Crippen molar-refractivity contribution in [3.05, 3.63) is 34.9 Å². The topological polar surface area (TPSA) is 26.0 Å². The van der Waals surface area contributed by atoms with Crippen LogP contribution >= 0.6 is 0 Å². The van der Waals surface area contributed by atoms with Crippen molar-refractivity contribution in [1.29, 1.82) is 0 Å². The van der Waals surface area contributed by atoms with Crippen LogP contribution in [-0.2, 0) is 6.18 Å². The minimum Gasteiger partial charge on any atom is -0.330 e. The SMILES string of the molecule is Cc1cc(C(F)(F)F)ccc1C1CCCCC1CN. The van der Waals surface area contributed by atoms with Gasteiger partial charge in [-0.2, -0.15) is 13.2 Å². The van der Waals surface area contributed by atoms with Crippen LogP contribution in [0.1, 0.15) is 48.3 Å². The van der Waals surface area contributed by atoms with Gasteiger partial charge in [-0.1, -0.05) is 18.9 Å². The first kappa shape index (κ1) is 14.4. The summed E-state index contributed by atoms with van der Waals surface area (Å²) in [5, 5.41) is 0. The second kappa shape index (κ2) is 5.53. The molecule has 0 spiro atoms. The zero-order valence-electron chi connectivity index (χ0n) is 11.1. The highest BCUT2D eigenvalue weighted by Crippen LogP contribution is 2.40. The van der Waals surface area contributed by atoms with Crippen molar-refractivity contribution in [2.75, 3.05) is 6.54 Å². The van der Waals surface area contributed by atoms with E-state index in [1.165, 1.54) is 18.6 Å². The summed E-state index contributed by atoms with van der Waals surface area (Å²) in [6.45, 7) is 2.39. The molecule has 4 heteroatoms. The molecular weight excluding hydrogens is 251 g/mol. The van der Waals surface area contributed by atoms with E-state index in [9.17, 15) is 13.2 Å². The van der Waals surface area contributed by atoms with Gasteiger partial charge in [-0.3, -0.25) is 0 Å². The first-order valence-electron chi connectivity index (χ1n) is 6.81. The lowest BCUT2D eigenvalue weighted by molar-refractivity contribution is -0.137. The van der Waals surface area contributed by atoms with Crippen LogP contribution in [0.5, 0.6) is 0 Å². The molecule has 2 atom stereocenters. The van der Waals surface area contributed by atoms with Crippen LogP contribution in [0.4, 0.5) is 13.2 Å². The van der Waals surface area contributed by atoms with Gasteiger partial charge >= 0.3 is 6.18 Å². The molecule has 1 aliphatic carbocycles. The fraction of sp³-hybridized carbons (Fsp3) is 0.600. The van der Waals surface area contributed by atoms with Gasteiger partial charge in [-0.15, -0.1) is 0 Å². The number of benzene rings is 1. The number of nitrogens with two attached hydrogens (primary N) is 1. The molecule has 0 heterocycles. The first-order valence-corrected chi connectivity index (χ1v) is 6.81. The molecule has 0 aliphatic heterocycles. The van der Waals surface area contributed by atoms with E-state index in [0.717, 1.165) is 30.4 Å². The summed E-state index contributed by atoms with van der Waals surface area (Å²) in [6, 6.07) is 4.11. The maximum absolute atomic E-state index is 12.7. The summed E-state index contributed by atoms with van der Waals surface area (Å²) >= 11 is 0. The van der Waals surface area contributed by atoms with Gasteiger partial charge in [0.25, 0.3) is 0 Å². The van der Waals surface area contributed by atoms with Crippen molar-refractivity contribution in [2.45, 2.75) is 44.7 Å². The number of alkyl halides is 3. The molecule has 19 heavy (non-hydrogen) atoms. The van der Waals surface area contributed by atoms with Crippen LogP contribution < -0.4 is 5.73 Å². The van der Waals surface area contributed by atoms with Crippen molar-refractivity contribution in [1.82, 2.24) is 0 Å². The zero-order chi connectivity index (χ0) is 14.0. The quantitative estimate of drug-likeness (QED) is 0.855. The molecule has 2 unspecified atom stereocenters. The highest BCUT2D eigenvalue weighted by molar-refractivity contribution is 5.35. The van der Waals surface area contributed by atoms with Crippen molar-refractivity contribution in [3.63, 3.8) is 0 Å². The number of rotatable bonds is 2. The summed E-state index contributed by atoms with van der Waals surface area (Å²) in [6.07, 6.45) is 0.179. The van der Waals surface area contributed by atoms with E-state index in [1.54, 1.807) is 13.0 Å². The molecule has 1 aromatic rings. The third kappa shape index (κ3) is 3.11. The smallest absolute Gasteiger partial charge is 0.330 e. The number of hydrogen-bond acceptors (Lipinski definition) is 1. The van der Waals surface area contributed by atoms with Gasteiger partial charge in [-0.25, -0.2) is 0 Å². The molecule has 0 bridgehead atoms. The van der Waals surface area contributed by atoms with E-state index in [0.29, 0.717) is 18.4 Å². The van der Waals surface area contributed by atoms with Gasteiger partial charge in [-0.05, 0) is 61.4 Å². The Morgan fingerprint density at radius 3 is 2.47 bits per heavy atom. The summed E-state index contributed by atoms with van der Waals surface area (Å²) in [4.78, 5) is 0. The van der Waals surface area contributed by atoms with Crippen LogP contribution in [0, 0.1) is 12.8 Å². The lowest BCUT2D eigenvalue weighted by Gasteiger charge is -2.32. The Hall–Kier alpha value is -1.03. The van der Waals surface area contributed by atoms with E-state index < -0.39 is 11.7 Å². The molecule has 1 aromatic carbocycles. The Bertz CT molecular complexity index is 440. The number of aryl methyl sites for hydroxylation is 1. The third-order valence-electron chi connectivity index (χ3n) is 4.21. The van der Waals surface area contributed by atoms with Crippen LogP contribution in [0.2, 0.25) is 0 Å². The van der Waals surface area contributed by atoms with Crippen LogP contribution in [0.25, 0.3) is 0 Å². The predicted octanol–water partition coefficient (Wildman–Crippen LogP) is 4.25. The third-order valence-corrected chi connectivity index (χ3v) is 4.21. The maximum Gasteiger partial charge on any atom is 0.416 e. The lowest BCUT2D eigenvalue weighted by atomic mass is 9.74. The van der Waals surface area contributed by atoms with Crippen molar-refractivity contribution in [2.24, 2.45) is 11.7 Å². The highest BCUT2D eigenvalue weighted by Gasteiger charge is 2.32. The van der Waals surface area contributed by atoms with E-state index in [-0.39, 0.29) is 0 Å². The van der Waals surface area contributed by atoms with Crippen molar-refractivity contribution in [3.8, 4) is 0 Å². The minimum absolute atomic E-state index is 0.320. The maximum atomic E-state index is 12.7. The Kier molecular flexibility index (Phi) is 4.19. The molecule has 0 aromatic heterocycles. The molecule has 2 rings (SSSR count). The van der Waals surface area contributed by atoms with Crippen LogP contribution in [0.15, 0.2) is 18.2 Å². The summed E-state index contributed by atoms with van der Waals surface area (Å²) in [5.41, 5.74) is 7.02. The first-order chi connectivity index (χ1) is 8.93. The van der Waals surface area contributed by atoms with Gasteiger partial charge in [0, 0.05) is 0 Å². The van der Waals surface area contributed by atoms with Gasteiger partial charge in [0.05, 0.1) is 5.56 Å². The Balaban J connectivity index is 2.30. The molecule has 0 radical (unpaired) electrons. The largest absolute Gasteiger partial charge is 0.416 e. The molecule has 106 valence electrons. The van der Waals surface area contributed by atoms with Crippen LogP contribution in [0.3, 0.4) is 0 Å². The predicted molar refractivity (Wildman–Crippen MR) is 69.9 cm³/mol. The number of hydrogen-bond donors (Lipinski definition) is 1. The second-order valence-corrected chi connectivity index (χ2v) is 5.46. The summed E-state index contributed by atoms with van der Waals surface area (Å²) < 4.78 is 38.0. The monoisotopic (exact) mass is 271 g/mol. The molecule has 0 saturated heterocycles. The van der Waals surface area contributed by atoms with Gasteiger partial charge in [0.15, 0.2) is 0 Å². The Morgan fingerprint density at radius 1 is 1.21 bits per heavy atom. The van der Waals surface area contributed by atoms with Crippen LogP contribution in [-0.4, -0.2) is 6.54 Å². The highest BCUT2D eigenvalue weighted by atomic mass is 19.4. The standard InChI is InChI=1S/C15H20F3N/c1-10-8-12(15(16,17)18)6-7-13(10)14-5-3-2-4-11(14)9-19/h6-8,11,14H,2-5,9,19H2,1H3. The second-order valence-electron chi connectivity index (χ2n) is 5.46.